The van der Waals surface area contributed by atoms with Crippen LogP contribution in [0.3, 0.4) is 0 Å². The van der Waals surface area contributed by atoms with Crippen molar-refractivity contribution in [3.8, 4) is 11.3 Å². The number of amides is 2. The summed E-state index contributed by atoms with van der Waals surface area (Å²) in [7, 11) is 0. The third-order valence-corrected chi connectivity index (χ3v) is 6.01. The second-order valence-corrected chi connectivity index (χ2v) is 8.80. The number of fused-ring (bicyclic) bond motifs is 1. The van der Waals surface area contributed by atoms with E-state index < -0.39 is 6.04 Å². The van der Waals surface area contributed by atoms with Gasteiger partial charge in [-0.05, 0) is 49.7 Å². The number of aryl methyl sites for hydroxylation is 1. The van der Waals surface area contributed by atoms with E-state index >= 15 is 0 Å². The lowest BCUT2D eigenvalue weighted by atomic mass is 10.1. The zero-order valence-electron chi connectivity index (χ0n) is 20.6. The van der Waals surface area contributed by atoms with Crippen LogP contribution in [-0.2, 0) is 22.7 Å². The van der Waals surface area contributed by atoms with Crippen LogP contribution in [0.1, 0.15) is 31.2 Å². The zero-order valence-corrected chi connectivity index (χ0v) is 21.6. The van der Waals surface area contributed by atoms with E-state index in [4.69, 9.17) is 10.7 Å². The summed E-state index contributed by atoms with van der Waals surface area (Å²) in [6.45, 7) is 5.77. The molecule has 2 amide bonds. The number of imidazole rings is 1. The SMILES string of the molecule is CCCNC(=O)C[C@H](N)C(=O)N1CCn2c(nc(-c3ccc(F)cc3)c2Nc2ccc(C)cc2)C1.S. The van der Waals surface area contributed by atoms with Crippen molar-refractivity contribution in [3.05, 3.63) is 65.7 Å². The maximum Gasteiger partial charge on any atom is 0.240 e. The van der Waals surface area contributed by atoms with Gasteiger partial charge in [0.25, 0.3) is 0 Å². The average molecular weight is 513 g/mol. The molecular weight excluding hydrogens is 479 g/mol. The van der Waals surface area contributed by atoms with E-state index in [9.17, 15) is 14.0 Å². The van der Waals surface area contributed by atoms with Crippen molar-refractivity contribution in [2.75, 3.05) is 18.4 Å². The molecule has 192 valence electrons. The molecule has 0 saturated carbocycles. The number of halogens is 1. The van der Waals surface area contributed by atoms with E-state index in [-0.39, 0.29) is 44.1 Å². The van der Waals surface area contributed by atoms with Crippen molar-refractivity contribution in [1.82, 2.24) is 19.8 Å². The molecule has 0 aliphatic carbocycles. The molecule has 10 heteroatoms. The fraction of sp³-hybridized carbons (Fsp3) is 0.346. The van der Waals surface area contributed by atoms with Gasteiger partial charge in [-0.3, -0.25) is 9.59 Å². The molecule has 1 aliphatic rings. The summed E-state index contributed by atoms with van der Waals surface area (Å²) in [4.78, 5) is 31.4. The van der Waals surface area contributed by atoms with Crippen LogP contribution >= 0.6 is 13.5 Å². The Morgan fingerprint density at radius 3 is 2.47 bits per heavy atom. The summed E-state index contributed by atoms with van der Waals surface area (Å²) in [6, 6.07) is 13.3. The van der Waals surface area contributed by atoms with E-state index in [0.29, 0.717) is 31.2 Å². The molecule has 0 unspecified atom stereocenters. The van der Waals surface area contributed by atoms with E-state index in [1.54, 1.807) is 17.0 Å². The number of benzene rings is 2. The highest BCUT2D eigenvalue weighted by molar-refractivity contribution is 7.59. The van der Waals surface area contributed by atoms with E-state index in [0.717, 1.165) is 29.1 Å². The lowest BCUT2D eigenvalue weighted by Crippen LogP contribution is -2.48. The number of nitrogens with two attached hydrogens (primary N) is 1. The largest absolute Gasteiger partial charge is 0.356 e. The molecule has 1 atom stereocenters. The highest BCUT2D eigenvalue weighted by Gasteiger charge is 2.30. The van der Waals surface area contributed by atoms with Gasteiger partial charge in [0.2, 0.25) is 11.8 Å². The minimum Gasteiger partial charge on any atom is -0.356 e. The second-order valence-electron chi connectivity index (χ2n) is 8.80. The van der Waals surface area contributed by atoms with Gasteiger partial charge in [-0.25, -0.2) is 9.37 Å². The number of aromatic nitrogens is 2. The van der Waals surface area contributed by atoms with Crippen molar-refractivity contribution >= 4 is 36.8 Å². The van der Waals surface area contributed by atoms with E-state index in [2.05, 4.69) is 10.6 Å². The van der Waals surface area contributed by atoms with Gasteiger partial charge in [0.1, 0.15) is 23.2 Å². The van der Waals surface area contributed by atoms with Gasteiger partial charge in [0, 0.05) is 30.9 Å². The number of hydrogen-bond acceptors (Lipinski definition) is 5. The zero-order chi connectivity index (χ0) is 24.9. The molecule has 0 radical (unpaired) electrons. The molecule has 0 spiro atoms. The number of carbonyl (C=O) groups excluding carboxylic acids is 2. The maximum absolute atomic E-state index is 13.6. The highest BCUT2D eigenvalue weighted by atomic mass is 32.1. The molecule has 8 nitrogen and oxygen atoms in total. The van der Waals surface area contributed by atoms with Crippen LogP contribution in [0.25, 0.3) is 11.3 Å². The first-order valence-electron chi connectivity index (χ1n) is 11.9. The number of nitrogens with zero attached hydrogens (tertiary/aromatic N) is 3. The lowest BCUT2D eigenvalue weighted by molar-refractivity contribution is -0.136. The molecule has 2 heterocycles. The number of nitrogens with one attached hydrogen (secondary N) is 2. The Kier molecular flexibility index (Phi) is 9.11. The normalized spacial score (nSPS) is 13.4. The molecule has 1 aromatic heterocycles. The van der Waals surface area contributed by atoms with Gasteiger partial charge in [-0.1, -0.05) is 24.6 Å². The predicted octanol–water partition coefficient (Wildman–Crippen LogP) is 3.44. The predicted molar refractivity (Wildman–Crippen MR) is 144 cm³/mol. The Bertz CT molecular complexity index is 1200. The number of carbonyl (C=O) groups is 2. The van der Waals surface area contributed by atoms with Crippen LogP contribution < -0.4 is 16.4 Å². The number of rotatable bonds is 8. The molecule has 4 N–H and O–H groups in total. The number of hydrogen-bond donors (Lipinski definition) is 3. The Morgan fingerprint density at radius 2 is 1.81 bits per heavy atom. The second kappa shape index (κ2) is 12.0. The molecule has 3 aromatic rings. The van der Waals surface area contributed by atoms with Crippen molar-refractivity contribution < 1.29 is 14.0 Å². The Hall–Kier alpha value is -3.37. The molecule has 0 bridgehead atoms. The van der Waals surface area contributed by atoms with Gasteiger partial charge < -0.3 is 25.8 Å². The van der Waals surface area contributed by atoms with Gasteiger partial charge in [0.15, 0.2) is 0 Å². The first-order valence-corrected chi connectivity index (χ1v) is 11.9. The molecule has 2 aromatic carbocycles. The maximum atomic E-state index is 13.6. The third-order valence-electron chi connectivity index (χ3n) is 6.01. The summed E-state index contributed by atoms with van der Waals surface area (Å²) < 4.78 is 15.6. The fourth-order valence-corrected chi connectivity index (χ4v) is 4.09. The standard InChI is InChI=1S/C26H31FN6O2.H2S/c1-3-12-29-23(34)15-21(28)26(35)32-13-14-33-22(16-32)31-24(18-6-8-19(27)9-7-18)25(33)30-20-10-4-17(2)5-11-20;/h4-11,21,30H,3,12-16,28H2,1-2H3,(H,29,34);1H2/t21-;/m0./s1. The van der Waals surface area contributed by atoms with Gasteiger partial charge in [0.05, 0.1) is 19.0 Å². The van der Waals surface area contributed by atoms with Crippen LogP contribution in [0.15, 0.2) is 48.5 Å². The Balaban J connectivity index is 0.00000361. The fourth-order valence-electron chi connectivity index (χ4n) is 4.09. The highest BCUT2D eigenvalue weighted by Crippen LogP contribution is 2.33. The van der Waals surface area contributed by atoms with Crippen molar-refractivity contribution in [3.63, 3.8) is 0 Å². The first kappa shape index (κ1) is 27.2. The molecule has 0 saturated heterocycles. The van der Waals surface area contributed by atoms with Crippen LogP contribution in [-0.4, -0.2) is 45.4 Å². The van der Waals surface area contributed by atoms with Gasteiger partial charge in [-0.2, -0.15) is 13.5 Å². The summed E-state index contributed by atoms with van der Waals surface area (Å²) in [5.74, 6) is 0.656. The quantitative estimate of drug-likeness (QED) is 0.429. The summed E-state index contributed by atoms with van der Waals surface area (Å²) >= 11 is 0. The monoisotopic (exact) mass is 512 g/mol. The smallest absolute Gasteiger partial charge is 0.240 e. The van der Waals surface area contributed by atoms with Crippen molar-refractivity contribution in [2.24, 2.45) is 5.73 Å². The molecule has 1 aliphatic heterocycles. The van der Waals surface area contributed by atoms with Gasteiger partial charge in [-0.15, -0.1) is 0 Å². The molecule has 4 rings (SSSR count). The van der Waals surface area contributed by atoms with E-state index in [1.807, 2.05) is 42.7 Å². The topological polar surface area (TPSA) is 105 Å². The first-order chi connectivity index (χ1) is 16.9. The Morgan fingerprint density at radius 1 is 1.11 bits per heavy atom. The minimum absolute atomic E-state index is 0. The van der Waals surface area contributed by atoms with Crippen molar-refractivity contribution in [2.45, 2.75) is 45.8 Å². The lowest BCUT2D eigenvalue weighted by Gasteiger charge is -2.30. The summed E-state index contributed by atoms with van der Waals surface area (Å²) in [5, 5.41) is 6.21. The summed E-state index contributed by atoms with van der Waals surface area (Å²) in [5.41, 5.74) is 9.57. The van der Waals surface area contributed by atoms with Gasteiger partial charge >= 0.3 is 0 Å². The molecule has 36 heavy (non-hydrogen) atoms. The molecular formula is C26H33FN6O2S. The number of anilines is 2. The Labute approximate surface area is 217 Å². The van der Waals surface area contributed by atoms with Crippen LogP contribution in [0.4, 0.5) is 15.9 Å². The van der Waals surface area contributed by atoms with Crippen LogP contribution in [0.5, 0.6) is 0 Å². The summed E-state index contributed by atoms with van der Waals surface area (Å²) in [6.07, 6.45) is 0.768. The third kappa shape index (κ3) is 6.24. The van der Waals surface area contributed by atoms with Crippen molar-refractivity contribution in [1.29, 1.82) is 0 Å². The van der Waals surface area contributed by atoms with E-state index in [1.165, 1.54) is 12.1 Å². The molecule has 0 fully saturated rings. The van der Waals surface area contributed by atoms with Crippen LogP contribution in [0, 0.1) is 12.7 Å². The minimum atomic E-state index is -0.907. The average Bonchev–Trinajstić information content (AvgIpc) is 3.21. The van der Waals surface area contributed by atoms with Crippen LogP contribution in [0.2, 0.25) is 0 Å².